The zero-order valence-corrected chi connectivity index (χ0v) is 8.88. The van der Waals surface area contributed by atoms with Gasteiger partial charge in [-0.05, 0) is 25.0 Å². The van der Waals surface area contributed by atoms with E-state index in [0.29, 0.717) is 11.6 Å². The summed E-state index contributed by atoms with van der Waals surface area (Å²) in [6, 6.07) is 3.85. The highest BCUT2D eigenvalue weighted by atomic mass is 35.5. The number of anilines is 1. The molecular weight excluding hydrogens is 216 g/mol. The molecule has 82 valence electrons. The van der Waals surface area contributed by atoms with Gasteiger partial charge in [0.1, 0.15) is 5.82 Å². The lowest BCUT2D eigenvalue weighted by atomic mass is 10.2. The van der Waals surface area contributed by atoms with Crippen molar-refractivity contribution in [1.29, 1.82) is 0 Å². The van der Waals surface area contributed by atoms with Crippen molar-refractivity contribution in [2.24, 2.45) is 5.84 Å². The minimum absolute atomic E-state index is 0. The first kappa shape index (κ1) is 11.7. The van der Waals surface area contributed by atoms with Gasteiger partial charge in [-0.1, -0.05) is 0 Å². The molecule has 2 rings (SSSR count). The number of carbonyl (C=O) groups excluding carboxylic acids is 1. The van der Waals surface area contributed by atoms with E-state index in [9.17, 15) is 4.79 Å². The first-order valence-corrected chi connectivity index (χ1v) is 4.53. The first-order chi connectivity index (χ1) is 6.79. The molecule has 0 bridgehead atoms. The van der Waals surface area contributed by atoms with Gasteiger partial charge in [0.25, 0.3) is 5.91 Å². The second-order valence-electron chi connectivity index (χ2n) is 3.32. The number of rotatable bonds is 3. The molecule has 1 aliphatic carbocycles. The molecule has 0 unspecified atom stereocenters. The summed E-state index contributed by atoms with van der Waals surface area (Å²) < 4.78 is 0. The van der Waals surface area contributed by atoms with Crippen molar-refractivity contribution in [1.82, 2.24) is 10.4 Å². The SMILES string of the molecule is Cl.NNC(=O)c1ccnc(NC2CC2)c1. The van der Waals surface area contributed by atoms with E-state index in [0.717, 1.165) is 5.82 Å². The Kier molecular flexibility index (Phi) is 3.88. The molecule has 1 saturated carbocycles. The number of aromatic nitrogens is 1. The average Bonchev–Trinajstić information content (AvgIpc) is 3.01. The molecule has 1 aliphatic rings. The van der Waals surface area contributed by atoms with Crippen LogP contribution in [0.5, 0.6) is 0 Å². The Hall–Kier alpha value is -1.33. The van der Waals surface area contributed by atoms with Gasteiger partial charge < -0.3 is 5.32 Å². The molecule has 0 spiro atoms. The summed E-state index contributed by atoms with van der Waals surface area (Å²) in [6.45, 7) is 0. The number of nitrogen functional groups attached to an aromatic ring is 1. The van der Waals surface area contributed by atoms with Crippen LogP contribution in [0, 0.1) is 0 Å². The zero-order chi connectivity index (χ0) is 9.97. The smallest absolute Gasteiger partial charge is 0.265 e. The van der Waals surface area contributed by atoms with Crippen LogP contribution in [0.1, 0.15) is 23.2 Å². The third-order valence-corrected chi connectivity index (χ3v) is 2.08. The van der Waals surface area contributed by atoms with Gasteiger partial charge in [-0.3, -0.25) is 10.2 Å². The zero-order valence-electron chi connectivity index (χ0n) is 8.06. The standard InChI is InChI=1S/C9H12N4O.ClH/c10-13-9(14)6-3-4-11-8(5-6)12-7-1-2-7;/h3-5,7H,1-2,10H2,(H,11,12)(H,13,14);1H. The summed E-state index contributed by atoms with van der Waals surface area (Å²) in [6.07, 6.45) is 3.94. The van der Waals surface area contributed by atoms with Crippen LogP contribution in [0.25, 0.3) is 0 Å². The minimum atomic E-state index is -0.300. The van der Waals surface area contributed by atoms with Gasteiger partial charge in [0.2, 0.25) is 0 Å². The normalized spacial score (nSPS) is 13.9. The van der Waals surface area contributed by atoms with Crippen molar-refractivity contribution >= 4 is 24.1 Å². The largest absolute Gasteiger partial charge is 0.367 e. The summed E-state index contributed by atoms with van der Waals surface area (Å²) in [5.41, 5.74) is 2.60. The Morgan fingerprint density at radius 1 is 1.53 bits per heavy atom. The van der Waals surface area contributed by atoms with Crippen LogP contribution in [-0.2, 0) is 0 Å². The number of carbonyl (C=O) groups is 1. The highest BCUT2D eigenvalue weighted by Crippen LogP contribution is 2.23. The number of hydrogen-bond acceptors (Lipinski definition) is 4. The number of nitrogens with zero attached hydrogens (tertiary/aromatic N) is 1. The number of hydrazine groups is 1. The number of nitrogens with two attached hydrogens (primary N) is 1. The predicted octanol–water partition coefficient (Wildman–Crippen LogP) is 0.681. The molecule has 5 nitrogen and oxygen atoms in total. The minimum Gasteiger partial charge on any atom is -0.367 e. The Balaban J connectivity index is 0.00000112. The molecule has 0 aliphatic heterocycles. The van der Waals surface area contributed by atoms with Crippen molar-refractivity contribution in [3.8, 4) is 0 Å². The van der Waals surface area contributed by atoms with Crippen LogP contribution in [0.4, 0.5) is 5.82 Å². The van der Waals surface area contributed by atoms with Gasteiger partial charge in [-0.25, -0.2) is 10.8 Å². The second kappa shape index (κ2) is 4.95. The molecule has 0 radical (unpaired) electrons. The van der Waals surface area contributed by atoms with Gasteiger partial charge in [0.15, 0.2) is 0 Å². The third-order valence-electron chi connectivity index (χ3n) is 2.08. The highest BCUT2D eigenvalue weighted by Gasteiger charge is 2.21. The maximum atomic E-state index is 11.2. The molecule has 1 heterocycles. The van der Waals surface area contributed by atoms with Crippen molar-refractivity contribution in [2.75, 3.05) is 5.32 Å². The van der Waals surface area contributed by atoms with Gasteiger partial charge in [-0.15, -0.1) is 12.4 Å². The van der Waals surface area contributed by atoms with Crippen LogP contribution < -0.4 is 16.6 Å². The molecule has 1 aromatic rings. The Morgan fingerprint density at radius 2 is 2.27 bits per heavy atom. The van der Waals surface area contributed by atoms with E-state index < -0.39 is 0 Å². The Bertz CT molecular complexity index is 354. The van der Waals surface area contributed by atoms with E-state index in [1.807, 2.05) is 0 Å². The quantitative estimate of drug-likeness (QED) is 0.404. The molecule has 1 aromatic heterocycles. The maximum absolute atomic E-state index is 11.2. The lowest BCUT2D eigenvalue weighted by Crippen LogP contribution is -2.30. The Morgan fingerprint density at radius 3 is 2.87 bits per heavy atom. The monoisotopic (exact) mass is 228 g/mol. The van der Waals surface area contributed by atoms with Gasteiger partial charge in [-0.2, -0.15) is 0 Å². The fourth-order valence-corrected chi connectivity index (χ4v) is 1.17. The van der Waals surface area contributed by atoms with Crippen LogP contribution in [0.2, 0.25) is 0 Å². The van der Waals surface area contributed by atoms with E-state index in [2.05, 4.69) is 15.7 Å². The third kappa shape index (κ3) is 3.07. The number of amides is 1. The topological polar surface area (TPSA) is 80.0 Å². The van der Waals surface area contributed by atoms with E-state index in [4.69, 9.17) is 5.84 Å². The molecule has 0 saturated heterocycles. The molecule has 1 amide bonds. The van der Waals surface area contributed by atoms with E-state index in [1.54, 1.807) is 18.3 Å². The van der Waals surface area contributed by atoms with Crippen molar-refractivity contribution < 1.29 is 4.79 Å². The number of hydrogen-bond donors (Lipinski definition) is 3. The van der Waals surface area contributed by atoms with E-state index >= 15 is 0 Å². The predicted molar refractivity (Wildman–Crippen MR) is 59.8 cm³/mol. The fraction of sp³-hybridized carbons (Fsp3) is 0.333. The molecule has 15 heavy (non-hydrogen) atoms. The fourth-order valence-electron chi connectivity index (χ4n) is 1.17. The molecule has 6 heteroatoms. The van der Waals surface area contributed by atoms with Crippen LogP contribution in [-0.4, -0.2) is 16.9 Å². The lowest BCUT2D eigenvalue weighted by Gasteiger charge is -2.04. The van der Waals surface area contributed by atoms with Gasteiger partial charge in [0, 0.05) is 17.8 Å². The molecule has 4 N–H and O–H groups in total. The maximum Gasteiger partial charge on any atom is 0.265 e. The Labute approximate surface area is 93.8 Å². The molecular formula is C9H13ClN4O. The van der Waals surface area contributed by atoms with Crippen molar-refractivity contribution in [3.05, 3.63) is 23.9 Å². The highest BCUT2D eigenvalue weighted by molar-refractivity contribution is 5.94. The van der Waals surface area contributed by atoms with Crippen LogP contribution in [0.3, 0.4) is 0 Å². The average molecular weight is 229 g/mol. The molecule has 0 atom stereocenters. The first-order valence-electron chi connectivity index (χ1n) is 4.53. The molecule has 0 aromatic carbocycles. The summed E-state index contributed by atoms with van der Waals surface area (Å²) >= 11 is 0. The van der Waals surface area contributed by atoms with Crippen molar-refractivity contribution in [3.63, 3.8) is 0 Å². The van der Waals surface area contributed by atoms with Gasteiger partial charge >= 0.3 is 0 Å². The van der Waals surface area contributed by atoms with E-state index in [1.165, 1.54) is 12.8 Å². The number of nitrogens with one attached hydrogen (secondary N) is 2. The number of pyridine rings is 1. The summed E-state index contributed by atoms with van der Waals surface area (Å²) in [4.78, 5) is 15.3. The second-order valence-corrected chi connectivity index (χ2v) is 3.32. The summed E-state index contributed by atoms with van der Waals surface area (Å²) in [7, 11) is 0. The lowest BCUT2D eigenvalue weighted by molar-refractivity contribution is 0.0953. The summed E-state index contributed by atoms with van der Waals surface area (Å²) in [5, 5.41) is 3.20. The number of halogens is 1. The van der Waals surface area contributed by atoms with E-state index in [-0.39, 0.29) is 18.3 Å². The van der Waals surface area contributed by atoms with Crippen LogP contribution in [0.15, 0.2) is 18.3 Å². The summed E-state index contributed by atoms with van der Waals surface area (Å²) in [5.74, 6) is 5.46. The van der Waals surface area contributed by atoms with Crippen molar-refractivity contribution in [2.45, 2.75) is 18.9 Å². The molecule has 1 fully saturated rings. The van der Waals surface area contributed by atoms with Crippen LogP contribution >= 0.6 is 12.4 Å². The van der Waals surface area contributed by atoms with Gasteiger partial charge in [0.05, 0.1) is 0 Å².